The summed E-state index contributed by atoms with van der Waals surface area (Å²) in [5, 5.41) is 8.51. The minimum atomic E-state index is -1.05. The van der Waals surface area contributed by atoms with E-state index in [1.165, 1.54) is 0 Å². The Morgan fingerprint density at radius 1 is 0.826 bits per heavy atom. The molecule has 1 N–H and O–H groups in total. The van der Waals surface area contributed by atoms with Gasteiger partial charge in [0.15, 0.2) is 13.2 Å². The first kappa shape index (κ1) is 16.4. The number of hydrogen-bond donors (Lipinski definition) is 1. The van der Waals surface area contributed by atoms with Crippen LogP contribution in [0.25, 0.3) is 0 Å². The number of ether oxygens (including phenoxy) is 3. The smallest absolute Gasteiger partial charge is 0.344 e. The highest BCUT2D eigenvalue weighted by Gasteiger charge is 2.05. The molecule has 0 heterocycles. The van der Waals surface area contributed by atoms with Crippen molar-refractivity contribution in [2.24, 2.45) is 0 Å². The predicted molar refractivity (Wildman–Crippen MR) is 81.3 cm³/mol. The molecule has 120 valence electrons. The lowest BCUT2D eigenvalue weighted by Gasteiger charge is -2.08. The molecule has 0 fully saturated rings. The van der Waals surface area contributed by atoms with Crippen LogP contribution in [0, 0.1) is 0 Å². The molecule has 6 heteroatoms. The van der Waals surface area contributed by atoms with Crippen molar-refractivity contribution in [3.05, 3.63) is 60.2 Å². The first-order chi connectivity index (χ1) is 11.1. The van der Waals surface area contributed by atoms with Gasteiger partial charge >= 0.3 is 11.9 Å². The maximum absolute atomic E-state index is 11.6. The lowest BCUT2D eigenvalue weighted by Crippen LogP contribution is -2.14. The lowest BCUT2D eigenvalue weighted by molar-refractivity contribution is -0.147. The minimum absolute atomic E-state index is 0.199. The number of hydrogen-bond acceptors (Lipinski definition) is 5. The zero-order valence-electron chi connectivity index (χ0n) is 12.3. The van der Waals surface area contributed by atoms with E-state index in [1.54, 1.807) is 24.3 Å². The van der Waals surface area contributed by atoms with Crippen LogP contribution in [0.4, 0.5) is 0 Å². The molecule has 2 aromatic rings. The van der Waals surface area contributed by atoms with E-state index in [0.717, 1.165) is 5.56 Å². The fourth-order valence-electron chi connectivity index (χ4n) is 1.70. The van der Waals surface area contributed by atoms with E-state index in [4.69, 9.17) is 19.3 Å². The van der Waals surface area contributed by atoms with Crippen LogP contribution < -0.4 is 9.47 Å². The molecule has 0 amide bonds. The highest BCUT2D eigenvalue weighted by molar-refractivity contribution is 5.71. The van der Waals surface area contributed by atoms with Crippen LogP contribution in [-0.4, -0.2) is 30.3 Å². The van der Waals surface area contributed by atoms with Gasteiger partial charge in [0, 0.05) is 0 Å². The van der Waals surface area contributed by atoms with Crippen LogP contribution in [0.5, 0.6) is 11.5 Å². The second-order valence-corrected chi connectivity index (χ2v) is 4.59. The Kier molecular flexibility index (Phi) is 5.99. The molecular weight excluding hydrogens is 300 g/mol. The zero-order valence-corrected chi connectivity index (χ0v) is 12.3. The van der Waals surface area contributed by atoms with Gasteiger partial charge in [-0.1, -0.05) is 30.3 Å². The normalized spacial score (nSPS) is 9.91. The van der Waals surface area contributed by atoms with Crippen molar-refractivity contribution >= 4 is 11.9 Å². The number of aliphatic carboxylic acids is 1. The van der Waals surface area contributed by atoms with Gasteiger partial charge in [-0.25, -0.2) is 9.59 Å². The monoisotopic (exact) mass is 316 g/mol. The Labute approximate surface area is 133 Å². The van der Waals surface area contributed by atoms with Crippen molar-refractivity contribution in [2.45, 2.75) is 6.61 Å². The first-order valence-corrected chi connectivity index (χ1v) is 6.90. The van der Waals surface area contributed by atoms with Crippen LogP contribution in [0.1, 0.15) is 5.56 Å². The van der Waals surface area contributed by atoms with E-state index in [9.17, 15) is 9.59 Å². The Bertz CT molecular complexity index is 636. The molecule has 0 aliphatic heterocycles. The molecule has 0 unspecified atom stereocenters. The molecule has 0 aliphatic carbocycles. The Hall–Kier alpha value is -3.02. The lowest BCUT2D eigenvalue weighted by atomic mass is 10.2. The van der Waals surface area contributed by atoms with Crippen molar-refractivity contribution in [3.8, 4) is 11.5 Å². The van der Waals surface area contributed by atoms with Crippen LogP contribution in [0.3, 0.4) is 0 Å². The summed E-state index contributed by atoms with van der Waals surface area (Å²) in [6.45, 7) is -0.417. The molecule has 2 rings (SSSR count). The summed E-state index contributed by atoms with van der Waals surface area (Å²) in [7, 11) is 0. The van der Waals surface area contributed by atoms with Crippen molar-refractivity contribution in [3.63, 3.8) is 0 Å². The summed E-state index contributed by atoms with van der Waals surface area (Å²) >= 11 is 0. The van der Waals surface area contributed by atoms with Crippen molar-refractivity contribution < 1.29 is 28.9 Å². The SMILES string of the molecule is O=C(O)COc1ccc(OCC(=O)OCc2ccccc2)cc1. The Morgan fingerprint density at radius 3 is 1.96 bits per heavy atom. The molecule has 0 aliphatic rings. The number of esters is 1. The van der Waals surface area contributed by atoms with Crippen LogP contribution in [0.15, 0.2) is 54.6 Å². The topological polar surface area (TPSA) is 82.1 Å². The summed E-state index contributed by atoms with van der Waals surface area (Å²) in [5.74, 6) is -0.651. The number of carbonyl (C=O) groups is 2. The summed E-state index contributed by atoms with van der Waals surface area (Å²) < 4.78 is 15.4. The van der Waals surface area contributed by atoms with Crippen molar-refractivity contribution in [1.82, 2.24) is 0 Å². The van der Waals surface area contributed by atoms with Gasteiger partial charge in [0.2, 0.25) is 0 Å². The van der Waals surface area contributed by atoms with Gasteiger partial charge in [-0.05, 0) is 29.8 Å². The van der Waals surface area contributed by atoms with Crippen LogP contribution in [-0.2, 0) is 20.9 Å². The van der Waals surface area contributed by atoms with E-state index in [2.05, 4.69) is 0 Å². The summed E-state index contributed by atoms with van der Waals surface area (Å²) in [6.07, 6.45) is 0. The molecule has 0 bridgehead atoms. The maximum atomic E-state index is 11.6. The maximum Gasteiger partial charge on any atom is 0.344 e. The number of carboxylic acids is 1. The largest absolute Gasteiger partial charge is 0.482 e. The summed E-state index contributed by atoms with van der Waals surface area (Å²) in [5.41, 5.74) is 0.904. The highest BCUT2D eigenvalue weighted by Crippen LogP contribution is 2.17. The van der Waals surface area contributed by atoms with Crippen LogP contribution >= 0.6 is 0 Å². The molecule has 0 saturated carbocycles. The first-order valence-electron chi connectivity index (χ1n) is 6.90. The molecule has 0 saturated heterocycles. The van der Waals surface area contributed by atoms with E-state index in [0.29, 0.717) is 11.5 Å². The van der Waals surface area contributed by atoms with Crippen molar-refractivity contribution in [1.29, 1.82) is 0 Å². The molecule has 0 atom stereocenters. The predicted octanol–water partition coefficient (Wildman–Crippen LogP) is 2.27. The van der Waals surface area contributed by atoms with Gasteiger partial charge in [-0.3, -0.25) is 0 Å². The Morgan fingerprint density at radius 2 is 1.39 bits per heavy atom. The molecular formula is C17H16O6. The summed E-state index contributed by atoms with van der Waals surface area (Å²) in [6, 6.07) is 15.7. The molecule has 0 spiro atoms. The van der Waals surface area contributed by atoms with E-state index in [-0.39, 0.29) is 13.2 Å². The molecule has 2 aromatic carbocycles. The minimum Gasteiger partial charge on any atom is -0.482 e. The quantitative estimate of drug-likeness (QED) is 0.752. The second kappa shape index (κ2) is 8.43. The van der Waals surface area contributed by atoms with Crippen LogP contribution in [0.2, 0.25) is 0 Å². The fourth-order valence-corrected chi connectivity index (χ4v) is 1.70. The van der Waals surface area contributed by atoms with E-state index >= 15 is 0 Å². The standard InChI is InChI=1S/C17H16O6/c18-16(19)11-21-14-6-8-15(9-7-14)22-12-17(20)23-10-13-4-2-1-3-5-13/h1-9H,10-12H2,(H,18,19). The molecule has 6 nitrogen and oxygen atoms in total. The van der Waals surface area contributed by atoms with Gasteiger partial charge in [-0.2, -0.15) is 0 Å². The second-order valence-electron chi connectivity index (χ2n) is 4.59. The zero-order chi connectivity index (χ0) is 16.5. The number of rotatable bonds is 8. The molecule has 23 heavy (non-hydrogen) atoms. The van der Waals surface area contributed by atoms with E-state index in [1.807, 2.05) is 30.3 Å². The number of carbonyl (C=O) groups excluding carboxylic acids is 1. The average molecular weight is 316 g/mol. The van der Waals surface area contributed by atoms with Gasteiger partial charge in [0.05, 0.1) is 0 Å². The fraction of sp³-hybridized carbons (Fsp3) is 0.176. The third kappa shape index (κ3) is 6.09. The summed E-state index contributed by atoms with van der Waals surface area (Å²) in [4.78, 5) is 22.0. The number of benzene rings is 2. The van der Waals surface area contributed by atoms with Gasteiger partial charge in [-0.15, -0.1) is 0 Å². The number of carboxylic acid groups (broad SMARTS) is 1. The van der Waals surface area contributed by atoms with Gasteiger partial charge < -0.3 is 19.3 Å². The van der Waals surface area contributed by atoms with Gasteiger partial charge in [0.1, 0.15) is 18.1 Å². The van der Waals surface area contributed by atoms with Gasteiger partial charge in [0.25, 0.3) is 0 Å². The van der Waals surface area contributed by atoms with E-state index < -0.39 is 18.5 Å². The van der Waals surface area contributed by atoms with Crippen molar-refractivity contribution in [2.75, 3.05) is 13.2 Å². The molecule has 0 radical (unpaired) electrons. The highest BCUT2D eigenvalue weighted by atomic mass is 16.6. The third-order valence-corrected chi connectivity index (χ3v) is 2.79. The third-order valence-electron chi connectivity index (χ3n) is 2.79. The average Bonchev–Trinajstić information content (AvgIpc) is 2.58. The Balaban J connectivity index is 1.72. The molecule has 0 aromatic heterocycles.